The summed E-state index contributed by atoms with van der Waals surface area (Å²) in [5, 5.41) is 14.1. The lowest BCUT2D eigenvalue weighted by molar-refractivity contribution is 0.0895. The number of nitrogens with zero attached hydrogens (tertiary/aromatic N) is 4. The third-order valence-corrected chi connectivity index (χ3v) is 4.64. The van der Waals surface area contributed by atoms with Crippen LogP contribution < -0.4 is 10.9 Å². The maximum Gasteiger partial charge on any atom is 0.349 e. The van der Waals surface area contributed by atoms with Gasteiger partial charge in [-0.1, -0.05) is 0 Å². The van der Waals surface area contributed by atoms with E-state index in [2.05, 4.69) is 20.8 Å². The van der Waals surface area contributed by atoms with Crippen molar-refractivity contribution in [2.75, 3.05) is 11.9 Å². The van der Waals surface area contributed by atoms with E-state index in [1.54, 1.807) is 48.9 Å². The summed E-state index contributed by atoms with van der Waals surface area (Å²) in [6, 6.07) is 8.68. The van der Waals surface area contributed by atoms with E-state index >= 15 is 0 Å². The Labute approximate surface area is 160 Å². The van der Waals surface area contributed by atoms with Gasteiger partial charge in [0.25, 0.3) is 5.91 Å². The molecular weight excluding hydrogens is 362 g/mol. The van der Waals surface area contributed by atoms with Crippen LogP contribution >= 0.6 is 0 Å². The summed E-state index contributed by atoms with van der Waals surface area (Å²) < 4.78 is 12.5. The summed E-state index contributed by atoms with van der Waals surface area (Å²) in [6.45, 7) is 4.15. The molecule has 3 aromatic rings. The van der Waals surface area contributed by atoms with Crippen LogP contribution in [0.15, 0.2) is 39.5 Å². The van der Waals surface area contributed by atoms with Crippen molar-refractivity contribution in [2.45, 2.75) is 32.8 Å². The lowest BCUT2D eigenvalue weighted by atomic mass is 10.1. The zero-order valence-corrected chi connectivity index (χ0v) is 15.5. The molecule has 4 rings (SSSR count). The molecule has 1 N–H and O–H groups in total. The van der Waals surface area contributed by atoms with Gasteiger partial charge in [0.15, 0.2) is 5.82 Å². The smallest absolute Gasteiger partial charge is 0.349 e. The molecule has 1 aliphatic rings. The second kappa shape index (κ2) is 7.35. The van der Waals surface area contributed by atoms with Crippen LogP contribution in [0.3, 0.4) is 0 Å². The summed E-state index contributed by atoms with van der Waals surface area (Å²) >= 11 is 0. The monoisotopic (exact) mass is 381 g/mol. The van der Waals surface area contributed by atoms with Crippen molar-refractivity contribution >= 4 is 11.6 Å². The first-order valence-corrected chi connectivity index (χ1v) is 8.96. The molecule has 0 radical (unpaired) electrons. The lowest BCUT2D eigenvalue weighted by Crippen LogP contribution is -2.23. The molecule has 9 nitrogen and oxygen atoms in total. The number of aryl methyl sites for hydroxylation is 2. The highest BCUT2D eigenvalue weighted by Crippen LogP contribution is 2.28. The molecule has 1 aromatic carbocycles. The molecular formula is C19H19N5O4. The zero-order valence-electron chi connectivity index (χ0n) is 15.5. The van der Waals surface area contributed by atoms with E-state index in [9.17, 15) is 9.59 Å². The highest BCUT2D eigenvalue weighted by atomic mass is 16.5. The van der Waals surface area contributed by atoms with Crippen LogP contribution in [0.1, 0.15) is 46.5 Å². The third kappa shape index (κ3) is 3.44. The minimum atomic E-state index is -0.663. The van der Waals surface area contributed by atoms with Gasteiger partial charge in [0, 0.05) is 12.3 Å². The van der Waals surface area contributed by atoms with E-state index in [0.717, 1.165) is 18.5 Å². The van der Waals surface area contributed by atoms with E-state index in [1.807, 2.05) is 0 Å². The van der Waals surface area contributed by atoms with Crippen LogP contribution in [0, 0.1) is 13.8 Å². The standard InChI is InChI=1S/C19H19N5O4/c1-11-10-16(15-4-3-9-27-15)28-19(26)17(11)18(25)20-13-5-7-14(8-6-13)24-12(2)21-22-23-24/h5-8,10,15H,3-4,9H2,1-2H3,(H,20,25). The number of rotatable bonds is 4. The molecule has 0 bridgehead atoms. The number of carbonyl (C=O) groups excluding carboxylic acids is 1. The van der Waals surface area contributed by atoms with Crippen molar-refractivity contribution in [3.8, 4) is 5.69 Å². The Morgan fingerprint density at radius 2 is 2.04 bits per heavy atom. The predicted molar refractivity (Wildman–Crippen MR) is 99.5 cm³/mol. The van der Waals surface area contributed by atoms with Gasteiger partial charge in [-0.2, -0.15) is 4.68 Å². The van der Waals surface area contributed by atoms with Gasteiger partial charge in [0.2, 0.25) is 0 Å². The number of benzene rings is 1. The fourth-order valence-electron chi connectivity index (χ4n) is 3.22. The van der Waals surface area contributed by atoms with Gasteiger partial charge in [-0.15, -0.1) is 5.10 Å². The molecule has 0 aliphatic carbocycles. The number of aromatic nitrogens is 4. The highest BCUT2D eigenvalue weighted by Gasteiger charge is 2.24. The minimum Gasteiger partial charge on any atom is -0.424 e. The van der Waals surface area contributed by atoms with Gasteiger partial charge in [-0.3, -0.25) is 4.79 Å². The van der Waals surface area contributed by atoms with Crippen molar-refractivity contribution in [1.82, 2.24) is 20.2 Å². The quantitative estimate of drug-likeness (QED) is 0.738. The molecule has 1 aliphatic heterocycles. The first kappa shape index (κ1) is 18.1. The van der Waals surface area contributed by atoms with Crippen molar-refractivity contribution < 1.29 is 13.9 Å². The Morgan fingerprint density at radius 3 is 2.64 bits per heavy atom. The number of hydrogen-bond donors (Lipinski definition) is 1. The van der Waals surface area contributed by atoms with Crippen molar-refractivity contribution in [3.63, 3.8) is 0 Å². The molecule has 1 fully saturated rings. The number of hydrogen-bond acceptors (Lipinski definition) is 7. The van der Waals surface area contributed by atoms with Crippen molar-refractivity contribution in [1.29, 1.82) is 0 Å². The molecule has 1 saturated heterocycles. The molecule has 1 atom stereocenters. The summed E-state index contributed by atoms with van der Waals surface area (Å²) in [5.41, 5.74) is 1.19. The number of amides is 1. The largest absolute Gasteiger partial charge is 0.424 e. The van der Waals surface area contributed by atoms with Crippen LogP contribution in [-0.2, 0) is 4.74 Å². The van der Waals surface area contributed by atoms with E-state index < -0.39 is 11.5 Å². The van der Waals surface area contributed by atoms with Crippen LogP contribution in [-0.4, -0.2) is 32.7 Å². The van der Waals surface area contributed by atoms with Gasteiger partial charge >= 0.3 is 5.63 Å². The number of ether oxygens (including phenoxy) is 1. The number of anilines is 1. The second-order valence-corrected chi connectivity index (χ2v) is 6.63. The van der Waals surface area contributed by atoms with E-state index in [0.29, 0.717) is 29.4 Å². The van der Waals surface area contributed by atoms with Gasteiger partial charge in [-0.05, 0) is 73.0 Å². The number of carbonyl (C=O) groups is 1. The van der Waals surface area contributed by atoms with E-state index in [-0.39, 0.29) is 11.7 Å². The van der Waals surface area contributed by atoms with Crippen LogP contribution in [0.2, 0.25) is 0 Å². The third-order valence-electron chi connectivity index (χ3n) is 4.64. The van der Waals surface area contributed by atoms with Crippen molar-refractivity contribution in [3.05, 3.63) is 63.5 Å². The minimum absolute atomic E-state index is 0.0119. The molecule has 9 heteroatoms. The van der Waals surface area contributed by atoms with Gasteiger partial charge in [0.1, 0.15) is 17.4 Å². The van der Waals surface area contributed by atoms with Gasteiger partial charge in [0.05, 0.1) is 5.69 Å². The Bertz CT molecular complexity index is 1060. The van der Waals surface area contributed by atoms with Crippen molar-refractivity contribution in [2.24, 2.45) is 0 Å². The average molecular weight is 381 g/mol. The molecule has 1 unspecified atom stereocenters. The second-order valence-electron chi connectivity index (χ2n) is 6.63. The normalized spacial score (nSPS) is 16.3. The van der Waals surface area contributed by atoms with E-state index in [4.69, 9.17) is 9.15 Å². The van der Waals surface area contributed by atoms with Crippen LogP contribution in [0.4, 0.5) is 5.69 Å². The SMILES string of the molecule is Cc1cc(C2CCCO2)oc(=O)c1C(=O)Nc1ccc(-n2nnnc2C)cc1. The number of tetrazole rings is 1. The summed E-state index contributed by atoms with van der Waals surface area (Å²) in [7, 11) is 0. The fraction of sp³-hybridized carbons (Fsp3) is 0.316. The first-order valence-electron chi connectivity index (χ1n) is 8.96. The first-order chi connectivity index (χ1) is 13.5. The van der Waals surface area contributed by atoms with E-state index in [1.165, 1.54) is 0 Å². The van der Waals surface area contributed by atoms with Gasteiger partial charge < -0.3 is 14.5 Å². The summed E-state index contributed by atoms with van der Waals surface area (Å²) in [4.78, 5) is 25.0. The molecule has 0 spiro atoms. The molecule has 28 heavy (non-hydrogen) atoms. The maximum absolute atomic E-state index is 12.6. The fourth-order valence-corrected chi connectivity index (χ4v) is 3.22. The maximum atomic E-state index is 12.6. The topological polar surface area (TPSA) is 112 Å². The summed E-state index contributed by atoms with van der Waals surface area (Å²) in [5.74, 6) is 0.602. The summed E-state index contributed by atoms with van der Waals surface area (Å²) in [6.07, 6.45) is 1.52. The molecule has 3 heterocycles. The molecule has 144 valence electrons. The predicted octanol–water partition coefficient (Wildman–Crippen LogP) is 2.34. The lowest BCUT2D eigenvalue weighted by Gasteiger charge is -2.11. The Balaban J connectivity index is 1.53. The van der Waals surface area contributed by atoms with Gasteiger partial charge in [-0.25, -0.2) is 4.79 Å². The Hall–Kier alpha value is -3.33. The number of nitrogens with one attached hydrogen (secondary N) is 1. The van der Waals surface area contributed by atoms with Crippen LogP contribution in [0.5, 0.6) is 0 Å². The van der Waals surface area contributed by atoms with Crippen LogP contribution in [0.25, 0.3) is 5.69 Å². The molecule has 1 amide bonds. The molecule has 2 aromatic heterocycles. The zero-order chi connectivity index (χ0) is 19.7. The Morgan fingerprint density at radius 1 is 1.25 bits per heavy atom. The highest BCUT2D eigenvalue weighted by molar-refractivity contribution is 6.04. The Kier molecular flexibility index (Phi) is 4.74. The average Bonchev–Trinajstić information content (AvgIpc) is 3.33. The molecule has 0 saturated carbocycles.